The fourth-order valence-electron chi connectivity index (χ4n) is 0.653. The lowest BCUT2D eigenvalue weighted by atomic mass is 10.4. The fraction of sp³-hybridized carbons (Fsp3) is 0. The van der Waals surface area contributed by atoms with Crippen molar-refractivity contribution in [3.05, 3.63) is 48.9 Å². The van der Waals surface area contributed by atoms with Gasteiger partial charge in [-0.2, -0.15) is 0 Å². The number of amides is 1. The smallest absolute Gasteiger partial charge is 0.268 e. The van der Waals surface area contributed by atoms with E-state index in [9.17, 15) is 4.79 Å². The third-order valence-corrected chi connectivity index (χ3v) is 1.24. The van der Waals surface area contributed by atoms with Crippen LogP contribution in [0, 0.1) is 0 Å². The van der Waals surface area contributed by atoms with Gasteiger partial charge >= 0.3 is 0 Å². The molecule has 0 spiro atoms. The van der Waals surface area contributed by atoms with Gasteiger partial charge in [0, 0.05) is 12.4 Å². The third-order valence-electron chi connectivity index (χ3n) is 1.24. The molecule has 5 nitrogen and oxygen atoms in total. The number of nitrogens with two attached hydrogens (primary N) is 1. The van der Waals surface area contributed by atoms with Gasteiger partial charge in [-0.15, -0.1) is 0 Å². The molecule has 0 aromatic carbocycles. The van der Waals surface area contributed by atoms with E-state index in [2.05, 4.69) is 14.4 Å². The van der Waals surface area contributed by atoms with Gasteiger partial charge < -0.3 is 10.2 Å². The van der Waals surface area contributed by atoms with Crippen LogP contribution in [-0.2, 0) is 0 Å². The second kappa shape index (κ2) is 5.47. The molecule has 2 rings (SSSR count). The number of hydrogen-bond donors (Lipinski definition) is 1. The summed E-state index contributed by atoms with van der Waals surface area (Å²) in [5.74, 6) is -0.553. The molecule has 0 aliphatic rings. The molecule has 72 valence electrons. The van der Waals surface area contributed by atoms with Gasteiger partial charge in [-0.3, -0.25) is 9.78 Å². The molecule has 2 aromatic heterocycles. The quantitative estimate of drug-likeness (QED) is 0.724. The third kappa shape index (κ3) is 3.48. The Bertz CT molecular complexity index is 342. The Morgan fingerprint density at radius 1 is 1.29 bits per heavy atom. The number of furan rings is 1. The van der Waals surface area contributed by atoms with Crippen LogP contribution < -0.4 is 5.73 Å². The summed E-state index contributed by atoms with van der Waals surface area (Å²) in [7, 11) is 0. The van der Waals surface area contributed by atoms with Crippen molar-refractivity contribution in [2.75, 3.05) is 0 Å². The van der Waals surface area contributed by atoms with E-state index in [1.54, 1.807) is 12.5 Å². The van der Waals surface area contributed by atoms with Crippen molar-refractivity contribution in [2.24, 2.45) is 5.73 Å². The van der Waals surface area contributed by atoms with Crippen LogP contribution in [-0.4, -0.2) is 15.9 Å². The number of nitrogens with zero attached hydrogens (tertiary/aromatic N) is 2. The van der Waals surface area contributed by atoms with E-state index in [4.69, 9.17) is 5.73 Å². The van der Waals surface area contributed by atoms with Crippen LogP contribution in [0.25, 0.3) is 0 Å². The largest absolute Gasteiger partial charge is 0.473 e. The van der Waals surface area contributed by atoms with Gasteiger partial charge in [0.05, 0.1) is 18.7 Å². The molecule has 0 saturated carbocycles. The summed E-state index contributed by atoms with van der Waals surface area (Å²) in [6, 6.07) is 3.67. The zero-order chi connectivity index (χ0) is 10.2. The van der Waals surface area contributed by atoms with Gasteiger partial charge in [0.2, 0.25) is 0 Å². The van der Waals surface area contributed by atoms with Crippen molar-refractivity contribution in [3.8, 4) is 0 Å². The van der Waals surface area contributed by atoms with E-state index < -0.39 is 5.91 Å². The van der Waals surface area contributed by atoms with Crippen molar-refractivity contribution < 1.29 is 9.21 Å². The van der Waals surface area contributed by atoms with Crippen molar-refractivity contribution in [3.63, 3.8) is 0 Å². The summed E-state index contributed by atoms with van der Waals surface area (Å²) in [5.41, 5.74) is 5.06. The van der Waals surface area contributed by atoms with Crippen LogP contribution in [0.1, 0.15) is 10.5 Å². The standard InChI is InChI=1S/C5H5N3O.C4H4O/c6-5(9)4-3-7-1-2-8-4;1-2-4-5-3-1/h1-3H,(H2,6,9);1-4H. The SMILES string of the molecule is NC(=O)c1cnccn1.c1ccoc1. The highest BCUT2D eigenvalue weighted by Crippen LogP contribution is 1.84. The molecular formula is C9H9N3O2. The molecule has 2 N–H and O–H groups in total. The minimum absolute atomic E-state index is 0.192. The van der Waals surface area contributed by atoms with Crippen LogP contribution in [0.15, 0.2) is 47.7 Å². The minimum Gasteiger partial charge on any atom is -0.473 e. The van der Waals surface area contributed by atoms with E-state index in [1.807, 2.05) is 12.1 Å². The lowest BCUT2D eigenvalue weighted by molar-refractivity contribution is 0.0995. The summed E-state index contributed by atoms with van der Waals surface area (Å²) in [5, 5.41) is 0. The number of primary amides is 1. The van der Waals surface area contributed by atoms with Crippen molar-refractivity contribution in [1.82, 2.24) is 9.97 Å². The molecule has 0 radical (unpaired) electrons. The summed E-state index contributed by atoms with van der Waals surface area (Å²) >= 11 is 0. The Hall–Kier alpha value is -2.17. The average molecular weight is 191 g/mol. The molecule has 0 unspecified atom stereocenters. The van der Waals surface area contributed by atoms with Crippen LogP contribution >= 0.6 is 0 Å². The monoisotopic (exact) mass is 191 g/mol. The minimum atomic E-state index is -0.553. The lowest BCUT2D eigenvalue weighted by Crippen LogP contribution is -2.12. The maximum atomic E-state index is 10.3. The zero-order valence-corrected chi connectivity index (χ0v) is 7.33. The van der Waals surface area contributed by atoms with Crippen LogP contribution in [0.2, 0.25) is 0 Å². The van der Waals surface area contributed by atoms with Crippen molar-refractivity contribution in [1.29, 1.82) is 0 Å². The molecule has 2 aromatic rings. The predicted octanol–water partition coefficient (Wildman–Crippen LogP) is 0.855. The Morgan fingerprint density at radius 2 is 2.00 bits per heavy atom. The summed E-state index contributed by atoms with van der Waals surface area (Å²) in [4.78, 5) is 17.6. The van der Waals surface area contributed by atoms with Crippen molar-refractivity contribution >= 4 is 5.91 Å². The molecule has 0 aliphatic heterocycles. The molecule has 2 heterocycles. The van der Waals surface area contributed by atoms with Crippen LogP contribution in [0.4, 0.5) is 0 Å². The lowest BCUT2D eigenvalue weighted by Gasteiger charge is -1.87. The first-order chi connectivity index (χ1) is 6.80. The van der Waals surface area contributed by atoms with Crippen LogP contribution in [0.5, 0.6) is 0 Å². The normalized spacial score (nSPS) is 8.57. The summed E-state index contributed by atoms with van der Waals surface area (Å²) in [6.07, 6.45) is 7.47. The van der Waals surface area contributed by atoms with Gasteiger partial charge in [0.15, 0.2) is 0 Å². The molecule has 0 fully saturated rings. The summed E-state index contributed by atoms with van der Waals surface area (Å²) < 4.78 is 4.58. The zero-order valence-electron chi connectivity index (χ0n) is 7.33. The molecular weight excluding hydrogens is 182 g/mol. The van der Waals surface area contributed by atoms with Gasteiger partial charge in [0.25, 0.3) is 5.91 Å². The Kier molecular flexibility index (Phi) is 3.87. The number of aromatic nitrogens is 2. The second-order valence-corrected chi connectivity index (χ2v) is 2.25. The predicted molar refractivity (Wildman–Crippen MR) is 49.3 cm³/mol. The fourth-order valence-corrected chi connectivity index (χ4v) is 0.653. The number of hydrogen-bond acceptors (Lipinski definition) is 4. The molecule has 14 heavy (non-hydrogen) atoms. The van der Waals surface area contributed by atoms with E-state index in [0.717, 1.165) is 0 Å². The number of carbonyl (C=O) groups excluding carboxylic acids is 1. The van der Waals surface area contributed by atoms with E-state index in [-0.39, 0.29) is 5.69 Å². The molecule has 5 heteroatoms. The number of rotatable bonds is 1. The molecule has 0 saturated heterocycles. The highest BCUT2D eigenvalue weighted by Gasteiger charge is 1.97. The first-order valence-electron chi connectivity index (χ1n) is 3.83. The van der Waals surface area contributed by atoms with Gasteiger partial charge in [-0.25, -0.2) is 4.98 Å². The number of carbonyl (C=O) groups is 1. The average Bonchev–Trinajstić information content (AvgIpc) is 2.77. The molecule has 0 bridgehead atoms. The van der Waals surface area contributed by atoms with E-state index >= 15 is 0 Å². The molecule has 0 aliphatic carbocycles. The Balaban J connectivity index is 0.000000165. The van der Waals surface area contributed by atoms with Crippen LogP contribution in [0.3, 0.4) is 0 Å². The maximum absolute atomic E-state index is 10.3. The van der Waals surface area contributed by atoms with Gasteiger partial charge in [-0.1, -0.05) is 0 Å². The second-order valence-electron chi connectivity index (χ2n) is 2.25. The highest BCUT2D eigenvalue weighted by molar-refractivity contribution is 5.90. The van der Waals surface area contributed by atoms with Gasteiger partial charge in [0.1, 0.15) is 5.69 Å². The first-order valence-corrected chi connectivity index (χ1v) is 3.83. The Morgan fingerprint density at radius 3 is 2.29 bits per heavy atom. The van der Waals surface area contributed by atoms with E-state index in [1.165, 1.54) is 18.6 Å². The maximum Gasteiger partial charge on any atom is 0.268 e. The summed E-state index contributed by atoms with van der Waals surface area (Å²) in [6.45, 7) is 0. The van der Waals surface area contributed by atoms with Crippen molar-refractivity contribution in [2.45, 2.75) is 0 Å². The first kappa shape index (κ1) is 9.91. The Labute approximate surface area is 80.6 Å². The topological polar surface area (TPSA) is 82.0 Å². The molecule has 1 amide bonds. The van der Waals surface area contributed by atoms with Gasteiger partial charge in [-0.05, 0) is 12.1 Å². The van der Waals surface area contributed by atoms with E-state index in [0.29, 0.717) is 0 Å². The highest BCUT2D eigenvalue weighted by atomic mass is 16.3. The molecule has 0 atom stereocenters.